The van der Waals surface area contributed by atoms with Gasteiger partial charge >= 0.3 is 0 Å². The standard InChI is InChI=1S/C19H24N2O5S2/c1-3-20(16-9-5-4-6-10-16)28(24,25)19-15-17(11-12-18(19)26-2)21-13-7-8-14-27(21,22)23/h4-6,9-12,15H,3,7-8,13-14H2,1-2H3. The van der Waals surface area contributed by atoms with Gasteiger partial charge in [0.1, 0.15) is 10.6 Å². The molecule has 0 atom stereocenters. The van der Waals surface area contributed by atoms with Crippen LogP contribution in [0.15, 0.2) is 53.4 Å². The van der Waals surface area contributed by atoms with E-state index in [1.165, 1.54) is 27.9 Å². The van der Waals surface area contributed by atoms with Gasteiger partial charge in [0.2, 0.25) is 10.0 Å². The minimum absolute atomic E-state index is 0.0565. The molecule has 152 valence electrons. The molecule has 0 aromatic heterocycles. The number of sulfonamides is 2. The second kappa shape index (κ2) is 8.00. The molecule has 1 fully saturated rings. The van der Waals surface area contributed by atoms with E-state index in [0.717, 1.165) is 6.42 Å². The summed E-state index contributed by atoms with van der Waals surface area (Å²) in [6.45, 7) is 2.31. The molecule has 0 unspecified atom stereocenters. The summed E-state index contributed by atoms with van der Waals surface area (Å²) in [5, 5.41) is 0. The normalized spacial score (nSPS) is 16.6. The van der Waals surface area contributed by atoms with E-state index in [-0.39, 0.29) is 22.9 Å². The zero-order valence-corrected chi connectivity index (χ0v) is 17.5. The van der Waals surface area contributed by atoms with E-state index in [9.17, 15) is 16.8 Å². The lowest BCUT2D eigenvalue weighted by Gasteiger charge is -2.29. The minimum atomic E-state index is -3.96. The Hall–Kier alpha value is -2.26. The van der Waals surface area contributed by atoms with Crippen molar-refractivity contribution in [3.05, 3.63) is 48.5 Å². The van der Waals surface area contributed by atoms with Gasteiger partial charge in [-0.25, -0.2) is 16.8 Å². The summed E-state index contributed by atoms with van der Waals surface area (Å²) in [6.07, 6.45) is 1.34. The van der Waals surface area contributed by atoms with E-state index in [1.54, 1.807) is 37.3 Å². The number of hydrogen-bond donors (Lipinski definition) is 0. The van der Waals surface area contributed by atoms with Crippen molar-refractivity contribution in [1.82, 2.24) is 0 Å². The molecule has 0 spiro atoms. The van der Waals surface area contributed by atoms with E-state index < -0.39 is 20.0 Å². The molecule has 9 heteroatoms. The van der Waals surface area contributed by atoms with Crippen molar-refractivity contribution in [2.45, 2.75) is 24.7 Å². The van der Waals surface area contributed by atoms with Crippen molar-refractivity contribution in [1.29, 1.82) is 0 Å². The van der Waals surface area contributed by atoms with Crippen LogP contribution in [0.25, 0.3) is 0 Å². The van der Waals surface area contributed by atoms with Crippen LogP contribution in [0.3, 0.4) is 0 Å². The first-order chi connectivity index (χ1) is 13.3. The van der Waals surface area contributed by atoms with Gasteiger partial charge in [-0.2, -0.15) is 0 Å². The van der Waals surface area contributed by atoms with Gasteiger partial charge in [-0.3, -0.25) is 8.61 Å². The van der Waals surface area contributed by atoms with E-state index in [4.69, 9.17) is 4.74 Å². The van der Waals surface area contributed by atoms with Crippen LogP contribution in [0.2, 0.25) is 0 Å². The molecule has 3 rings (SSSR count). The Morgan fingerprint density at radius 2 is 1.82 bits per heavy atom. The van der Waals surface area contributed by atoms with Crippen molar-refractivity contribution >= 4 is 31.4 Å². The topological polar surface area (TPSA) is 84.0 Å². The van der Waals surface area contributed by atoms with Gasteiger partial charge in [-0.15, -0.1) is 0 Å². The highest BCUT2D eigenvalue weighted by atomic mass is 32.2. The highest BCUT2D eigenvalue weighted by molar-refractivity contribution is 7.93. The van der Waals surface area contributed by atoms with Crippen LogP contribution < -0.4 is 13.3 Å². The molecule has 0 N–H and O–H groups in total. The molecule has 0 aliphatic carbocycles. The van der Waals surface area contributed by atoms with E-state index >= 15 is 0 Å². The molecule has 0 bridgehead atoms. The van der Waals surface area contributed by atoms with Gasteiger partial charge in [-0.1, -0.05) is 18.2 Å². The maximum absolute atomic E-state index is 13.4. The van der Waals surface area contributed by atoms with Crippen molar-refractivity contribution in [2.75, 3.05) is 34.6 Å². The molecule has 28 heavy (non-hydrogen) atoms. The average Bonchev–Trinajstić information content (AvgIpc) is 2.68. The Kier molecular flexibility index (Phi) is 5.85. The third-order valence-electron chi connectivity index (χ3n) is 4.68. The molecule has 0 saturated carbocycles. The first-order valence-electron chi connectivity index (χ1n) is 9.07. The molecule has 0 amide bonds. The SMILES string of the molecule is CCN(c1ccccc1)S(=O)(=O)c1cc(N2CCCCS2(=O)=O)ccc1OC. The van der Waals surface area contributed by atoms with Crippen LogP contribution in [-0.2, 0) is 20.0 Å². The first-order valence-corrected chi connectivity index (χ1v) is 12.1. The number of rotatable bonds is 6. The fourth-order valence-electron chi connectivity index (χ4n) is 3.31. The molecule has 1 aliphatic rings. The Morgan fingerprint density at radius 3 is 2.43 bits per heavy atom. The summed E-state index contributed by atoms with van der Waals surface area (Å²) < 4.78 is 59.6. The van der Waals surface area contributed by atoms with Crippen molar-refractivity contribution < 1.29 is 21.6 Å². The van der Waals surface area contributed by atoms with Crippen LogP contribution in [-0.4, -0.2) is 42.8 Å². The van der Waals surface area contributed by atoms with Gasteiger partial charge in [0.15, 0.2) is 0 Å². The number of para-hydroxylation sites is 1. The molecule has 2 aromatic rings. The average molecular weight is 425 g/mol. The van der Waals surface area contributed by atoms with Crippen LogP contribution in [0.1, 0.15) is 19.8 Å². The molecule has 1 aliphatic heterocycles. The molecule has 0 radical (unpaired) electrons. The second-order valence-electron chi connectivity index (χ2n) is 6.44. The molecule has 1 heterocycles. The Balaban J connectivity index is 2.11. The first kappa shape index (κ1) is 20.5. The van der Waals surface area contributed by atoms with Crippen LogP contribution >= 0.6 is 0 Å². The van der Waals surface area contributed by atoms with Crippen LogP contribution in [0.4, 0.5) is 11.4 Å². The monoisotopic (exact) mass is 424 g/mol. The van der Waals surface area contributed by atoms with E-state index in [0.29, 0.717) is 24.3 Å². The summed E-state index contributed by atoms with van der Waals surface area (Å²) in [7, 11) is -6.02. The maximum atomic E-state index is 13.4. The predicted octanol–water partition coefficient (Wildman–Crippen LogP) is 2.84. The van der Waals surface area contributed by atoms with Gasteiger partial charge in [0.25, 0.3) is 10.0 Å². The molecule has 2 aromatic carbocycles. The molecule has 1 saturated heterocycles. The smallest absolute Gasteiger partial charge is 0.268 e. The third kappa shape index (κ3) is 3.81. The van der Waals surface area contributed by atoms with Crippen molar-refractivity contribution in [2.24, 2.45) is 0 Å². The fourth-order valence-corrected chi connectivity index (χ4v) is 6.59. The molecule has 7 nitrogen and oxygen atoms in total. The highest BCUT2D eigenvalue weighted by Crippen LogP contribution is 2.34. The molecular formula is C19H24N2O5S2. The lowest BCUT2D eigenvalue weighted by Crippen LogP contribution is -2.38. The van der Waals surface area contributed by atoms with Gasteiger partial charge in [0.05, 0.1) is 24.2 Å². The van der Waals surface area contributed by atoms with Gasteiger partial charge in [-0.05, 0) is 50.1 Å². The summed E-state index contributed by atoms with van der Waals surface area (Å²) in [6, 6.07) is 13.3. The summed E-state index contributed by atoms with van der Waals surface area (Å²) in [5.41, 5.74) is 0.867. The number of hydrogen-bond acceptors (Lipinski definition) is 5. The lowest BCUT2D eigenvalue weighted by atomic mass is 10.2. The maximum Gasteiger partial charge on any atom is 0.268 e. The number of nitrogens with zero attached hydrogens (tertiary/aromatic N) is 2. The molecular weight excluding hydrogens is 400 g/mol. The number of methoxy groups -OCH3 is 1. The Bertz CT molecular complexity index is 1040. The number of anilines is 2. The van der Waals surface area contributed by atoms with Gasteiger partial charge in [0, 0.05) is 13.1 Å². The van der Waals surface area contributed by atoms with E-state index in [2.05, 4.69) is 0 Å². The van der Waals surface area contributed by atoms with Crippen molar-refractivity contribution in [3.8, 4) is 5.75 Å². The van der Waals surface area contributed by atoms with Crippen LogP contribution in [0, 0.1) is 0 Å². The largest absolute Gasteiger partial charge is 0.495 e. The Labute approximate surface area is 166 Å². The second-order valence-corrected chi connectivity index (χ2v) is 10.3. The van der Waals surface area contributed by atoms with Gasteiger partial charge < -0.3 is 4.74 Å². The highest BCUT2D eigenvalue weighted by Gasteiger charge is 2.31. The summed E-state index contributed by atoms with van der Waals surface area (Å²) in [4.78, 5) is -0.0565. The quantitative estimate of drug-likeness (QED) is 0.712. The fraction of sp³-hybridized carbons (Fsp3) is 0.368. The summed E-state index contributed by atoms with van der Waals surface area (Å²) in [5.74, 6) is 0.235. The lowest BCUT2D eigenvalue weighted by molar-refractivity contribution is 0.402. The summed E-state index contributed by atoms with van der Waals surface area (Å²) >= 11 is 0. The van der Waals surface area contributed by atoms with Crippen molar-refractivity contribution in [3.63, 3.8) is 0 Å². The van der Waals surface area contributed by atoms with Crippen LogP contribution in [0.5, 0.6) is 5.75 Å². The minimum Gasteiger partial charge on any atom is -0.495 e. The zero-order chi connectivity index (χ0) is 20.4. The Morgan fingerprint density at radius 1 is 1.11 bits per heavy atom. The third-order valence-corrected chi connectivity index (χ3v) is 8.48. The van der Waals surface area contributed by atoms with E-state index in [1.807, 2.05) is 6.07 Å². The zero-order valence-electron chi connectivity index (χ0n) is 15.9. The number of benzene rings is 2. The predicted molar refractivity (Wildman–Crippen MR) is 110 cm³/mol. The number of ether oxygens (including phenoxy) is 1.